The van der Waals surface area contributed by atoms with Gasteiger partial charge in [-0.2, -0.15) is 13.2 Å². The molecule has 1 amide bonds. The summed E-state index contributed by atoms with van der Waals surface area (Å²) in [5.41, 5.74) is -0.774. The number of benzene rings is 1. The molecule has 30 heavy (non-hydrogen) atoms. The van der Waals surface area contributed by atoms with Gasteiger partial charge in [-0.15, -0.1) is 0 Å². The Hall–Kier alpha value is -2.84. The van der Waals surface area contributed by atoms with Crippen molar-refractivity contribution >= 4 is 11.7 Å². The van der Waals surface area contributed by atoms with Gasteiger partial charge < -0.3 is 15.0 Å². The summed E-state index contributed by atoms with van der Waals surface area (Å²) in [6.07, 6.45) is -1.83. The largest absolute Gasteiger partial charge is 0.493 e. The van der Waals surface area contributed by atoms with E-state index in [0.717, 1.165) is 12.5 Å². The summed E-state index contributed by atoms with van der Waals surface area (Å²) >= 11 is 0. The van der Waals surface area contributed by atoms with Crippen molar-refractivity contribution in [2.45, 2.75) is 32.0 Å². The van der Waals surface area contributed by atoms with Crippen LogP contribution in [0.4, 0.5) is 23.4 Å². The number of halogens is 4. The lowest BCUT2D eigenvalue weighted by molar-refractivity contribution is -0.137. The number of rotatable bonds is 5. The zero-order chi connectivity index (χ0) is 21.9. The molecule has 1 aliphatic heterocycles. The maximum atomic E-state index is 14.1. The van der Waals surface area contributed by atoms with Crippen LogP contribution in [0, 0.1) is 11.7 Å². The molecule has 3 rings (SSSR count). The molecule has 0 aliphatic carbocycles. The van der Waals surface area contributed by atoms with E-state index < -0.39 is 23.5 Å². The molecule has 0 radical (unpaired) electrons. The van der Waals surface area contributed by atoms with Gasteiger partial charge in [0.15, 0.2) is 11.6 Å². The quantitative estimate of drug-likeness (QED) is 0.712. The summed E-state index contributed by atoms with van der Waals surface area (Å²) in [6, 6.07) is 5.92. The summed E-state index contributed by atoms with van der Waals surface area (Å²) in [7, 11) is 1.28. The molecule has 1 N–H and O–H groups in total. The van der Waals surface area contributed by atoms with E-state index in [1.807, 2.05) is 6.92 Å². The third-order valence-electron chi connectivity index (χ3n) is 5.22. The van der Waals surface area contributed by atoms with Gasteiger partial charge in [-0.3, -0.25) is 4.79 Å². The van der Waals surface area contributed by atoms with E-state index in [9.17, 15) is 22.4 Å². The number of piperidine rings is 1. The van der Waals surface area contributed by atoms with Gasteiger partial charge in [0, 0.05) is 25.3 Å². The maximum Gasteiger partial charge on any atom is 0.419 e. The van der Waals surface area contributed by atoms with Crippen molar-refractivity contribution in [3.63, 3.8) is 0 Å². The highest BCUT2D eigenvalue weighted by molar-refractivity contribution is 5.97. The van der Waals surface area contributed by atoms with Gasteiger partial charge in [-0.05, 0) is 43.0 Å². The summed E-state index contributed by atoms with van der Waals surface area (Å²) in [6.45, 7) is 2.50. The number of anilines is 1. The molecule has 1 aromatic heterocycles. The molecule has 1 fully saturated rings. The SMILES string of the molecule is COc1c(F)cccc1C(=O)N1C[C@@H](C)CCC1CNc1ncccc1C(F)(F)F. The first-order valence-corrected chi connectivity index (χ1v) is 9.62. The van der Waals surface area contributed by atoms with Crippen LogP contribution in [0.3, 0.4) is 0 Å². The van der Waals surface area contributed by atoms with Gasteiger partial charge >= 0.3 is 6.18 Å². The third kappa shape index (κ3) is 4.66. The van der Waals surface area contributed by atoms with Crippen molar-refractivity contribution in [3.8, 4) is 5.75 Å². The number of nitrogens with zero attached hydrogens (tertiary/aromatic N) is 2. The van der Waals surface area contributed by atoms with Crippen LogP contribution in [-0.2, 0) is 6.18 Å². The van der Waals surface area contributed by atoms with Crippen molar-refractivity contribution in [3.05, 3.63) is 53.5 Å². The fraction of sp³-hybridized carbons (Fsp3) is 0.429. The summed E-state index contributed by atoms with van der Waals surface area (Å²) < 4.78 is 58.8. The topological polar surface area (TPSA) is 54.5 Å². The molecule has 2 heterocycles. The van der Waals surface area contributed by atoms with E-state index in [1.165, 1.54) is 37.6 Å². The Morgan fingerprint density at radius 3 is 2.73 bits per heavy atom. The number of hydrogen-bond donors (Lipinski definition) is 1. The first-order chi connectivity index (χ1) is 14.2. The number of alkyl halides is 3. The molecule has 2 aromatic rings. The van der Waals surface area contributed by atoms with E-state index >= 15 is 0 Å². The van der Waals surface area contributed by atoms with Crippen LogP contribution in [0.5, 0.6) is 5.75 Å². The number of amides is 1. The van der Waals surface area contributed by atoms with Crippen LogP contribution in [0.15, 0.2) is 36.5 Å². The molecule has 162 valence electrons. The van der Waals surface area contributed by atoms with Crippen molar-refractivity contribution in [1.29, 1.82) is 0 Å². The molecular formula is C21H23F4N3O2. The minimum atomic E-state index is -4.54. The Labute approximate surface area is 172 Å². The van der Waals surface area contributed by atoms with Gasteiger partial charge in [0.2, 0.25) is 0 Å². The zero-order valence-electron chi connectivity index (χ0n) is 16.7. The van der Waals surface area contributed by atoms with Gasteiger partial charge in [0.05, 0.1) is 18.2 Å². The van der Waals surface area contributed by atoms with Crippen LogP contribution in [0.2, 0.25) is 0 Å². The number of aromatic nitrogens is 1. The van der Waals surface area contributed by atoms with Crippen LogP contribution in [0.25, 0.3) is 0 Å². The lowest BCUT2D eigenvalue weighted by Crippen LogP contribution is -2.49. The number of hydrogen-bond acceptors (Lipinski definition) is 4. The number of likely N-dealkylation sites (tertiary alicyclic amines) is 1. The monoisotopic (exact) mass is 425 g/mol. The van der Waals surface area contributed by atoms with Gasteiger partial charge in [0.1, 0.15) is 5.82 Å². The molecule has 0 spiro atoms. The standard InChI is InChI=1S/C21H23F4N3O2/c1-13-8-9-14(11-27-19-16(21(23,24)25)6-4-10-26-19)28(12-13)20(29)15-5-3-7-17(22)18(15)30-2/h3-7,10,13-14H,8-9,11-12H2,1-2H3,(H,26,27)/t13-,14?/m0/s1. The number of para-hydroxylation sites is 1. The third-order valence-corrected chi connectivity index (χ3v) is 5.22. The molecule has 5 nitrogen and oxygen atoms in total. The Kier molecular flexibility index (Phi) is 6.48. The predicted molar refractivity (Wildman–Crippen MR) is 104 cm³/mol. The highest BCUT2D eigenvalue weighted by Crippen LogP contribution is 2.34. The minimum absolute atomic E-state index is 0.0883. The normalized spacial score (nSPS) is 19.5. The summed E-state index contributed by atoms with van der Waals surface area (Å²) in [5.74, 6) is -1.27. The average molecular weight is 425 g/mol. The summed E-state index contributed by atoms with van der Waals surface area (Å²) in [5, 5.41) is 2.75. The molecule has 1 unspecified atom stereocenters. The second-order valence-corrected chi connectivity index (χ2v) is 7.39. The first-order valence-electron chi connectivity index (χ1n) is 9.62. The van der Waals surface area contributed by atoms with Gasteiger partial charge in [-0.25, -0.2) is 9.37 Å². The molecule has 1 aromatic carbocycles. The van der Waals surface area contributed by atoms with E-state index in [0.29, 0.717) is 13.0 Å². The molecule has 1 aliphatic rings. The fourth-order valence-electron chi connectivity index (χ4n) is 3.70. The van der Waals surface area contributed by atoms with Crippen molar-refractivity contribution in [2.24, 2.45) is 5.92 Å². The van der Waals surface area contributed by atoms with Crippen molar-refractivity contribution in [1.82, 2.24) is 9.88 Å². The van der Waals surface area contributed by atoms with Crippen molar-refractivity contribution < 1.29 is 27.1 Å². The molecule has 0 saturated carbocycles. The van der Waals surface area contributed by atoms with E-state index in [2.05, 4.69) is 10.3 Å². The number of pyridine rings is 1. The molecule has 9 heteroatoms. The average Bonchev–Trinajstić information content (AvgIpc) is 2.71. The Morgan fingerprint density at radius 2 is 2.03 bits per heavy atom. The second-order valence-electron chi connectivity index (χ2n) is 7.39. The molecule has 1 saturated heterocycles. The highest BCUT2D eigenvalue weighted by atomic mass is 19.4. The number of carbonyl (C=O) groups is 1. The first kappa shape index (κ1) is 21.9. The van der Waals surface area contributed by atoms with E-state index in [1.54, 1.807) is 4.90 Å². The Balaban J connectivity index is 1.83. The van der Waals surface area contributed by atoms with Crippen LogP contribution < -0.4 is 10.1 Å². The lowest BCUT2D eigenvalue weighted by atomic mass is 9.93. The number of methoxy groups -OCH3 is 1. The number of carbonyl (C=O) groups excluding carboxylic acids is 1. The van der Waals surface area contributed by atoms with E-state index in [4.69, 9.17) is 4.74 Å². The minimum Gasteiger partial charge on any atom is -0.493 e. The fourth-order valence-corrected chi connectivity index (χ4v) is 3.70. The van der Waals surface area contributed by atoms with E-state index in [-0.39, 0.29) is 35.6 Å². The number of ether oxygens (including phenoxy) is 1. The lowest BCUT2D eigenvalue weighted by Gasteiger charge is -2.39. The van der Waals surface area contributed by atoms with Gasteiger partial charge in [0.25, 0.3) is 5.91 Å². The predicted octanol–water partition coefficient (Wildman–Crippen LogP) is 4.60. The second kappa shape index (κ2) is 8.89. The van der Waals surface area contributed by atoms with Crippen LogP contribution in [0.1, 0.15) is 35.7 Å². The maximum absolute atomic E-state index is 14.1. The van der Waals surface area contributed by atoms with Crippen molar-refractivity contribution in [2.75, 3.05) is 25.5 Å². The zero-order valence-corrected chi connectivity index (χ0v) is 16.7. The Morgan fingerprint density at radius 1 is 1.27 bits per heavy atom. The number of nitrogens with one attached hydrogen (secondary N) is 1. The highest BCUT2D eigenvalue weighted by Gasteiger charge is 2.36. The Bertz CT molecular complexity index is 904. The van der Waals surface area contributed by atoms with Crippen LogP contribution >= 0.6 is 0 Å². The van der Waals surface area contributed by atoms with Gasteiger partial charge in [-0.1, -0.05) is 13.0 Å². The molecule has 0 bridgehead atoms. The van der Waals surface area contributed by atoms with Crippen LogP contribution in [-0.4, -0.2) is 42.0 Å². The summed E-state index contributed by atoms with van der Waals surface area (Å²) in [4.78, 5) is 18.6. The molecule has 2 atom stereocenters. The molecular weight excluding hydrogens is 402 g/mol. The smallest absolute Gasteiger partial charge is 0.419 e.